The van der Waals surface area contributed by atoms with Crippen molar-refractivity contribution in [2.24, 2.45) is 5.92 Å². The molecule has 2 rings (SSSR count). The fourth-order valence-corrected chi connectivity index (χ4v) is 2.88. The van der Waals surface area contributed by atoms with E-state index in [0.717, 1.165) is 32.4 Å². The molecule has 0 aromatic rings. The lowest BCUT2D eigenvalue weighted by Gasteiger charge is -2.31. The molecule has 1 heterocycles. The van der Waals surface area contributed by atoms with Crippen molar-refractivity contribution in [2.45, 2.75) is 39.2 Å². The highest BCUT2D eigenvalue weighted by Gasteiger charge is 2.38. The standard InChI is InChI=1S/C12H20N2O/c1-3-13-12(15)14-8-7-10-9(2)5-4-6-11(10)14/h5,10-11H,3-4,6-8H2,1-2H3,(H,13,15). The summed E-state index contributed by atoms with van der Waals surface area (Å²) in [6, 6.07) is 0.584. The van der Waals surface area contributed by atoms with Crippen LogP contribution in [0.25, 0.3) is 0 Å². The second-order valence-electron chi connectivity index (χ2n) is 4.52. The third kappa shape index (κ3) is 1.87. The van der Waals surface area contributed by atoms with E-state index in [2.05, 4.69) is 18.3 Å². The Bertz CT molecular complexity index is 285. The average molecular weight is 208 g/mol. The summed E-state index contributed by atoms with van der Waals surface area (Å²) >= 11 is 0. The summed E-state index contributed by atoms with van der Waals surface area (Å²) < 4.78 is 0. The number of carbonyl (C=O) groups is 1. The maximum atomic E-state index is 11.8. The molecule has 0 aromatic carbocycles. The van der Waals surface area contributed by atoms with Gasteiger partial charge in [0.15, 0.2) is 0 Å². The molecule has 0 saturated carbocycles. The van der Waals surface area contributed by atoms with E-state index in [0.29, 0.717) is 12.0 Å². The minimum absolute atomic E-state index is 0.125. The molecule has 1 aliphatic heterocycles. The van der Waals surface area contributed by atoms with Crippen LogP contribution in [0, 0.1) is 5.92 Å². The Morgan fingerprint density at radius 3 is 3.13 bits per heavy atom. The van der Waals surface area contributed by atoms with Crippen molar-refractivity contribution in [3.8, 4) is 0 Å². The highest BCUT2D eigenvalue weighted by atomic mass is 16.2. The van der Waals surface area contributed by atoms with Crippen LogP contribution >= 0.6 is 0 Å². The van der Waals surface area contributed by atoms with Crippen LogP contribution in [0.1, 0.15) is 33.1 Å². The summed E-state index contributed by atoms with van der Waals surface area (Å²) in [6.07, 6.45) is 5.74. The van der Waals surface area contributed by atoms with Gasteiger partial charge in [0.1, 0.15) is 0 Å². The van der Waals surface area contributed by atoms with Gasteiger partial charge in [0.05, 0.1) is 0 Å². The topological polar surface area (TPSA) is 32.3 Å². The normalized spacial score (nSPS) is 29.7. The number of carbonyl (C=O) groups excluding carboxylic acids is 1. The molecule has 2 atom stereocenters. The summed E-state index contributed by atoms with van der Waals surface area (Å²) in [6.45, 7) is 5.82. The number of amides is 2. The maximum Gasteiger partial charge on any atom is 0.317 e. The van der Waals surface area contributed by atoms with Gasteiger partial charge >= 0.3 is 6.03 Å². The molecule has 1 N–H and O–H groups in total. The number of allylic oxidation sites excluding steroid dienone is 1. The summed E-state index contributed by atoms with van der Waals surface area (Å²) in [5, 5.41) is 2.90. The Hall–Kier alpha value is -0.990. The monoisotopic (exact) mass is 208 g/mol. The summed E-state index contributed by atoms with van der Waals surface area (Å²) in [7, 11) is 0. The van der Waals surface area contributed by atoms with Crippen LogP contribution in [0.2, 0.25) is 0 Å². The minimum Gasteiger partial charge on any atom is -0.338 e. The van der Waals surface area contributed by atoms with E-state index in [1.54, 1.807) is 0 Å². The van der Waals surface area contributed by atoms with E-state index < -0.39 is 0 Å². The van der Waals surface area contributed by atoms with Crippen molar-refractivity contribution >= 4 is 6.03 Å². The average Bonchev–Trinajstić information content (AvgIpc) is 2.63. The lowest BCUT2D eigenvalue weighted by atomic mass is 9.85. The van der Waals surface area contributed by atoms with Gasteiger partial charge in [-0.3, -0.25) is 0 Å². The third-order valence-electron chi connectivity index (χ3n) is 3.65. The van der Waals surface area contributed by atoms with E-state index in [1.807, 2.05) is 11.8 Å². The zero-order valence-electron chi connectivity index (χ0n) is 9.62. The zero-order valence-corrected chi connectivity index (χ0v) is 9.62. The van der Waals surface area contributed by atoms with Gasteiger partial charge in [-0.2, -0.15) is 0 Å². The van der Waals surface area contributed by atoms with Gasteiger partial charge in [-0.25, -0.2) is 4.79 Å². The van der Waals surface area contributed by atoms with Crippen LogP contribution in [-0.4, -0.2) is 30.1 Å². The Labute approximate surface area is 91.5 Å². The molecule has 1 saturated heterocycles. The molecule has 1 aliphatic carbocycles. The number of hydrogen-bond acceptors (Lipinski definition) is 1. The van der Waals surface area contributed by atoms with E-state index in [-0.39, 0.29) is 6.03 Å². The first-order chi connectivity index (χ1) is 7.24. The Kier molecular flexibility index (Phi) is 2.98. The second-order valence-corrected chi connectivity index (χ2v) is 4.52. The fraction of sp³-hybridized carbons (Fsp3) is 0.750. The van der Waals surface area contributed by atoms with Gasteiger partial charge < -0.3 is 10.2 Å². The molecular weight excluding hydrogens is 188 g/mol. The fourth-order valence-electron chi connectivity index (χ4n) is 2.88. The van der Waals surface area contributed by atoms with Crippen LogP contribution in [0.4, 0.5) is 4.79 Å². The second kappa shape index (κ2) is 4.25. The van der Waals surface area contributed by atoms with Crippen molar-refractivity contribution in [3.05, 3.63) is 11.6 Å². The summed E-state index contributed by atoms with van der Waals surface area (Å²) in [5.41, 5.74) is 1.48. The van der Waals surface area contributed by atoms with E-state index in [9.17, 15) is 4.79 Å². The van der Waals surface area contributed by atoms with E-state index >= 15 is 0 Å². The van der Waals surface area contributed by atoms with Crippen LogP contribution in [-0.2, 0) is 0 Å². The Balaban J connectivity index is 2.06. The molecule has 3 heteroatoms. The molecule has 15 heavy (non-hydrogen) atoms. The first kappa shape index (κ1) is 10.5. The Morgan fingerprint density at radius 2 is 2.40 bits per heavy atom. The minimum atomic E-state index is 0.125. The molecule has 0 bridgehead atoms. The third-order valence-corrected chi connectivity index (χ3v) is 3.65. The first-order valence-corrected chi connectivity index (χ1v) is 5.95. The highest BCUT2D eigenvalue weighted by Crippen LogP contribution is 2.36. The Morgan fingerprint density at radius 1 is 1.60 bits per heavy atom. The molecule has 1 fully saturated rings. The highest BCUT2D eigenvalue weighted by molar-refractivity contribution is 5.75. The predicted octanol–water partition coefficient (Wildman–Crippen LogP) is 2.15. The summed E-state index contributed by atoms with van der Waals surface area (Å²) in [5.74, 6) is 0.626. The maximum absolute atomic E-state index is 11.8. The SMILES string of the molecule is CCNC(=O)N1CCC2C(C)=CCCC21. The van der Waals surface area contributed by atoms with Gasteiger partial charge in [-0.15, -0.1) is 0 Å². The van der Waals surface area contributed by atoms with Crippen molar-refractivity contribution in [3.63, 3.8) is 0 Å². The number of fused-ring (bicyclic) bond motifs is 1. The van der Waals surface area contributed by atoms with Gasteiger partial charge in [0.2, 0.25) is 0 Å². The van der Waals surface area contributed by atoms with Crippen LogP contribution in [0.3, 0.4) is 0 Å². The zero-order chi connectivity index (χ0) is 10.8. The number of nitrogens with one attached hydrogen (secondary N) is 1. The largest absolute Gasteiger partial charge is 0.338 e. The van der Waals surface area contributed by atoms with Crippen LogP contribution in [0.5, 0.6) is 0 Å². The van der Waals surface area contributed by atoms with Gasteiger partial charge in [-0.05, 0) is 33.1 Å². The molecular formula is C12H20N2O. The van der Waals surface area contributed by atoms with Crippen molar-refractivity contribution < 1.29 is 4.79 Å². The molecule has 0 spiro atoms. The lowest BCUT2D eigenvalue weighted by Crippen LogP contribution is -2.44. The van der Waals surface area contributed by atoms with Crippen molar-refractivity contribution in [1.29, 1.82) is 0 Å². The number of likely N-dealkylation sites (tertiary alicyclic amines) is 1. The number of urea groups is 1. The van der Waals surface area contributed by atoms with Crippen molar-refractivity contribution in [1.82, 2.24) is 10.2 Å². The quantitative estimate of drug-likeness (QED) is 0.658. The van der Waals surface area contributed by atoms with E-state index in [1.165, 1.54) is 5.57 Å². The molecule has 3 nitrogen and oxygen atoms in total. The molecule has 2 aliphatic rings. The van der Waals surface area contributed by atoms with Gasteiger partial charge in [0.25, 0.3) is 0 Å². The molecule has 0 radical (unpaired) electrons. The van der Waals surface area contributed by atoms with Crippen LogP contribution in [0.15, 0.2) is 11.6 Å². The van der Waals surface area contributed by atoms with Crippen LogP contribution < -0.4 is 5.32 Å². The molecule has 2 unspecified atom stereocenters. The number of hydrogen-bond donors (Lipinski definition) is 1. The summed E-state index contributed by atoms with van der Waals surface area (Å²) in [4.78, 5) is 13.8. The number of nitrogens with zero attached hydrogens (tertiary/aromatic N) is 1. The lowest BCUT2D eigenvalue weighted by molar-refractivity contribution is 0.184. The first-order valence-electron chi connectivity index (χ1n) is 5.95. The predicted molar refractivity (Wildman–Crippen MR) is 60.7 cm³/mol. The molecule has 0 aromatic heterocycles. The molecule has 84 valence electrons. The van der Waals surface area contributed by atoms with Gasteiger partial charge in [0, 0.05) is 25.0 Å². The van der Waals surface area contributed by atoms with E-state index in [4.69, 9.17) is 0 Å². The molecule has 2 amide bonds. The van der Waals surface area contributed by atoms with Crippen molar-refractivity contribution in [2.75, 3.05) is 13.1 Å². The number of rotatable bonds is 1. The smallest absolute Gasteiger partial charge is 0.317 e. The van der Waals surface area contributed by atoms with Gasteiger partial charge in [-0.1, -0.05) is 11.6 Å².